The molecule has 0 atom stereocenters. The highest BCUT2D eigenvalue weighted by Gasteiger charge is 2.16. The van der Waals surface area contributed by atoms with E-state index in [0.29, 0.717) is 0 Å². The van der Waals surface area contributed by atoms with Crippen molar-refractivity contribution in [3.05, 3.63) is 30.1 Å². The van der Waals surface area contributed by atoms with Gasteiger partial charge in [0.2, 0.25) is 0 Å². The van der Waals surface area contributed by atoms with Gasteiger partial charge in [0.05, 0.1) is 0 Å². The van der Waals surface area contributed by atoms with Gasteiger partial charge in [-0.05, 0) is 17.5 Å². The largest absolute Gasteiger partial charge is 0.311 e. The van der Waals surface area contributed by atoms with Gasteiger partial charge in [0, 0.05) is 64.8 Å². The summed E-state index contributed by atoms with van der Waals surface area (Å²) in [6.45, 7) is 13.8. The molecule has 2 heterocycles. The zero-order chi connectivity index (χ0) is 14.2. The third-order valence-corrected chi connectivity index (χ3v) is 3.74. The Morgan fingerprint density at radius 2 is 1.95 bits per heavy atom. The van der Waals surface area contributed by atoms with Crippen molar-refractivity contribution in [3.8, 4) is 0 Å². The van der Waals surface area contributed by atoms with Crippen molar-refractivity contribution in [1.82, 2.24) is 20.1 Å². The van der Waals surface area contributed by atoms with Crippen molar-refractivity contribution >= 4 is 0 Å². The highest BCUT2D eigenvalue weighted by Crippen LogP contribution is 2.04. The second kappa shape index (κ2) is 8.35. The molecule has 1 aliphatic heterocycles. The van der Waals surface area contributed by atoms with Gasteiger partial charge in [-0.2, -0.15) is 0 Å². The fourth-order valence-corrected chi connectivity index (χ4v) is 2.68. The second-order valence-electron chi connectivity index (χ2n) is 6.07. The molecule has 0 saturated carbocycles. The molecule has 0 unspecified atom stereocenters. The van der Waals surface area contributed by atoms with Gasteiger partial charge in [0.1, 0.15) is 0 Å². The van der Waals surface area contributed by atoms with Crippen molar-refractivity contribution in [3.63, 3.8) is 0 Å². The lowest BCUT2D eigenvalue weighted by molar-refractivity contribution is 0.123. The van der Waals surface area contributed by atoms with Gasteiger partial charge in [0.25, 0.3) is 0 Å². The quantitative estimate of drug-likeness (QED) is 0.764. The summed E-state index contributed by atoms with van der Waals surface area (Å²) in [5.74, 6) is 0.780. The lowest BCUT2D eigenvalue weighted by Crippen LogP contribution is -2.48. The molecule has 0 radical (unpaired) electrons. The van der Waals surface area contributed by atoms with E-state index in [1.165, 1.54) is 38.3 Å². The molecule has 0 amide bonds. The van der Waals surface area contributed by atoms with E-state index in [-0.39, 0.29) is 0 Å². The number of aromatic nitrogens is 1. The standard InChI is InChI=1S/C16H28N4/c1-15(2)14-20-10-8-19(9-11-20)7-6-18-13-16-4-3-5-17-12-16/h3-5,12,15,18H,6-11,13-14H2,1-2H3. The number of nitrogens with zero attached hydrogens (tertiary/aromatic N) is 3. The van der Waals surface area contributed by atoms with Crippen LogP contribution in [0.2, 0.25) is 0 Å². The topological polar surface area (TPSA) is 31.4 Å². The maximum absolute atomic E-state index is 4.13. The van der Waals surface area contributed by atoms with Crippen LogP contribution in [0.3, 0.4) is 0 Å². The zero-order valence-corrected chi connectivity index (χ0v) is 12.9. The van der Waals surface area contributed by atoms with Crippen LogP contribution in [0.5, 0.6) is 0 Å². The third-order valence-electron chi connectivity index (χ3n) is 3.74. The summed E-state index contributed by atoms with van der Waals surface area (Å²) in [5.41, 5.74) is 1.26. The Morgan fingerprint density at radius 1 is 1.20 bits per heavy atom. The van der Waals surface area contributed by atoms with Gasteiger partial charge in [-0.1, -0.05) is 19.9 Å². The molecule has 4 heteroatoms. The van der Waals surface area contributed by atoms with E-state index in [2.05, 4.69) is 40.0 Å². The van der Waals surface area contributed by atoms with Crippen LogP contribution >= 0.6 is 0 Å². The van der Waals surface area contributed by atoms with Gasteiger partial charge < -0.3 is 10.2 Å². The molecule has 1 N–H and O–H groups in total. The van der Waals surface area contributed by atoms with Crippen LogP contribution in [0.4, 0.5) is 0 Å². The first-order chi connectivity index (χ1) is 9.74. The number of rotatable bonds is 7. The minimum absolute atomic E-state index is 0.780. The van der Waals surface area contributed by atoms with E-state index in [4.69, 9.17) is 0 Å². The zero-order valence-electron chi connectivity index (χ0n) is 12.9. The number of hydrogen-bond donors (Lipinski definition) is 1. The summed E-state index contributed by atoms with van der Waals surface area (Å²) in [4.78, 5) is 9.28. The van der Waals surface area contributed by atoms with E-state index < -0.39 is 0 Å². The average Bonchev–Trinajstić information content (AvgIpc) is 2.46. The molecule has 1 fully saturated rings. The second-order valence-corrected chi connectivity index (χ2v) is 6.07. The third kappa shape index (κ3) is 5.57. The molecule has 112 valence electrons. The monoisotopic (exact) mass is 276 g/mol. The molecule has 1 saturated heterocycles. The highest BCUT2D eigenvalue weighted by atomic mass is 15.3. The first-order valence-corrected chi connectivity index (χ1v) is 7.78. The summed E-state index contributed by atoms with van der Waals surface area (Å²) < 4.78 is 0. The Balaban J connectivity index is 1.55. The summed E-state index contributed by atoms with van der Waals surface area (Å²) in [5, 5.41) is 3.50. The molecule has 0 spiro atoms. The maximum atomic E-state index is 4.13. The van der Waals surface area contributed by atoms with E-state index in [0.717, 1.165) is 25.6 Å². The van der Waals surface area contributed by atoms with Gasteiger partial charge >= 0.3 is 0 Å². The normalized spacial score (nSPS) is 17.8. The van der Waals surface area contributed by atoms with Crippen molar-refractivity contribution in [1.29, 1.82) is 0 Å². The molecule has 0 bridgehead atoms. The molecule has 20 heavy (non-hydrogen) atoms. The van der Waals surface area contributed by atoms with Gasteiger partial charge in [0.15, 0.2) is 0 Å². The van der Waals surface area contributed by atoms with Gasteiger partial charge in [-0.15, -0.1) is 0 Å². The number of pyridine rings is 1. The molecular weight excluding hydrogens is 248 g/mol. The Kier molecular flexibility index (Phi) is 6.43. The van der Waals surface area contributed by atoms with Crippen LogP contribution in [0.1, 0.15) is 19.4 Å². The first-order valence-electron chi connectivity index (χ1n) is 7.78. The van der Waals surface area contributed by atoms with E-state index >= 15 is 0 Å². The predicted octanol–water partition coefficient (Wildman–Crippen LogP) is 1.44. The van der Waals surface area contributed by atoms with Gasteiger partial charge in [-0.25, -0.2) is 0 Å². The van der Waals surface area contributed by atoms with E-state index in [1.807, 2.05) is 18.5 Å². The number of piperazine rings is 1. The fraction of sp³-hybridized carbons (Fsp3) is 0.688. The van der Waals surface area contributed by atoms with Gasteiger partial charge in [-0.3, -0.25) is 9.88 Å². The van der Waals surface area contributed by atoms with Crippen molar-refractivity contribution in [2.75, 3.05) is 45.8 Å². The Hall–Kier alpha value is -0.970. The molecule has 1 aliphatic rings. The summed E-state index contributed by atoms with van der Waals surface area (Å²) >= 11 is 0. The Labute approximate surface area is 123 Å². The lowest BCUT2D eigenvalue weighted by atomic mass is 10.2. The molecule has 4 nitrogen and oxygen atoms in total. The van der Waals surface area contributed by atoms with Crippen LogP contribution in [0, 0.1) is 5.92 Å². The highest BCUT2D eigenvalue weighted by molar-refractivity contribution is 5.07. The van der Waals surface area contributed by atoms with Crippen molar-refractivity contribution in [2.45, 2.75) is 20.4 Å². The fourth-order valence-electron chi connectivity index (χ4n) is 2.68. The summed E-state index contributed by atoms with van der Waals surface area (Å²) in [6.07, 6.45) is 3.75. The molecule has 0 aliphatic carbocycles. The molecule has 1 aromatic rings. The van der Waals surface area contributed by atoms with E-state index in [9.17, 15) is 0 Å². The molecule has 2 rings (SSSR count). The minimum atomic E-state index is 0.780. The van der Waals surface area contributed by atoms with Crippen LogP contribution in [0.15, 0.2) is 24.5 Å². The number of nitrogens with one attached hydrogen (secondary N) is 1. The van der Waals surface area contributed by atoms with Crippen molar-refractivity contribution < 1.29 is 0 Å². The average molecular weight is 276 g/mol. The Morgan fingerprint density at radius 3 is 2.60 bits per heavy atom. The first kappa shape index (κ1) is 15.4. The molecule has 1 aromatic heterocycles. The minimum Gasteiger partial charge on any atom is -0.311 e. The SMILES string of the molecule is CC(C)CN1CCN(CCNCc2cccnc2)CC1. The van der Waals surface area contributed by atoms with Crippen LogP contribution < -0.4 is 5.32 Å². The van der Waals surface area contributed by atoms with Crippen LogP contribution in [-0.2, 0) is 6.54 Å². The molecular formula is C16H28N4. The molecule has 0 aromatic carbocycles. The predicted molar refractivity (Wildman–Crippen MR) is 83.7 cm³/mol. The lowest BCUT2D eigenvalue weighted by Gasteiger charge is -2.35. The number of hydrogen-bond acceptors (Lipinski definition) is 4. The Bertz CT molecular complexity index is 358. The smallest absolute Gasteiger partial charge is 0.0312 e. The van der Waals surface area contributed by atoms with E-state index in [1.54, 1.807) is 0 Å². The maximum Gasteiger partial charge on any atom is 0.0312 e. The summed E-state index contributed by atoms with van der Waals surface area (Å²) in [6, 6.07) is 4.11. The van der Waals surface area contributed by atoms with Crippen molar-refractivity contribution in [2.24, 2.45) is 5.92 Å². The van der Waals surface area contributed by atoms with Crippen LogP contribution in [0.25, 0.3) is 0 Å². The summed E-state index contributed by atoms with van der Waals surface area (Å²) in [7, 11) is 0. The van der Waals surface area contributed by atoms with Crippen LogP contribution in [-0.4, -0.2) is 60.6 Å².